The lowest BCUT2D eigenvalue weighted by Crippen LogP contribution is -2.46. The highest BCUT2D eigenvalue weighted by Crippen LogP contribution is 2.19. The maximum absolute atomic E-state index is 12.1. The van der Waals surface area contributed by atoms with Crippen LogP contribution in [0.5, 0.6) is 0 Å². The van der Waals surface area contributed by atoms with E-state index >= 15 is 0 Å². The van der Waals surface area contributed by atoms with Gasteiger partial charge >= 0.3 is 0 Å². The van der Waals surface area contributed by atoms with Crippen LogP contribution in [-0.4, -0.2) is 44.0 Å². The fraction of sp³-hybridized carbons (Fsp3) is 1.00. The van der Waals surface area contributed by atoms with Crippen LogP contribution in [0.2, 0.25) is 0 Å². The maximum atomic E-state index is 12.1. The molecule has 18 heavy (non-hydrogen) atoms. The van der Waals surface area contributed by atoms with Gasteiger partial charge in [-0.15, -0.1) is 0 Å². The monoisotopic (exact) mass is 276 g/mol. The second kappa shape index (κ2) is 6.32. The van der Waals surface area contributed by atoms with E-state index in [-0.39, 0.29) is 17.8 Å². The molecule has 0 aromatic heterocycles. The van der Waals surface area contributed by atoms with E-state index in [1.807, 2.05) is 0 Å². The van der Waals surface area contributed by atoms with Crippen LogP contribution in [-0.2, 0) is 10.0 Å². The van der Waals surface area contributed by atoms with Gasteiger partial charge in [0, 0.05) is 12.1 Å². The molecule has 1 heterocycles. The fourth-order valence-electron chi connectivity index (χ4n) is 2.87. The maximum Gasteiger partial charge on any atom is 0.213 e. The van der Waals surface area contributed by atoms with E-state index in [0.29, 0.717) is 6.42 Å². The summed E-state index contributed by atoms with van der Waals surface area (Å²) in [6.45, 7) is 0.909. The lowest BCUT2D eigenvalue weighted by molar-refractivity contribution is 0.130. The molecule has 2 fully saturated rings. The van der Waals surface area contributed by atoms with Crippen molar-refractivity contribution >= 4 is 10.0 Å². The van der Waals surface area contributed by atoms with Gasteiger partial charge < -0.3 is 10.4 Å². The normalized spacial score (nSPS) is 34.4. The Balaban J connectivity index is 1.89. The zero-order valence-electron chi connectivity index (χ0n) is 10.8. The van der Waals surface area contributed by atoms with Crippen molar-refractivity contribution in [3.63, 3.8) is 0 Å². The molecule has 106 valence electrons. The van der Waals surface area contributed by atoms with Crippen LogP contribution in [0.25, 0.3) is 0 Å². The van der Waals surface area contributed by atoms with E-state index < -0.39 is 16.1 Å². The molecule has 1 saturated carbocycles. The highest BCUT2D eigenvalue weighted by atomic mass is 32.2. The van der Waals surface area contributed by atoms with Crippen LogP contribution in [0.3, 0.4) is 0 Å². The number of hydrogen-bond acceptors (Lipinski definition) is 4. The summed E-state index contributed by atoms with van der Waals surface area (Å²) in [5.74, 6) is 0.135. The molecule has 6 heteroatoms. The summed E-state index contributed by atoms with van der Waals surface area (Å²) < 4.78 is 26.8. The first-order valence-corrected chi connectivity index (χ1v) is 8.63. The molecule has 3 atom stereocenters. The number of aliphatic hydroxyl groups is 1. The van der Waals surface area contributed by atoms with Crippen molar-refractivity contribution in [3.05, 3.63) is 0 Å². The van der Waals surface area contributed by atoms with Gasteiger partial charge in [0.05, 0.1) is 11.9 Å². The molecule has 1 saturated heterocycles. The summed E-state index contributed by atoms with van der Waals surface area (Å²) in [5.41, 5.74) is 0. The highest BCUT2D eigenvalue weighted by Gasteiger charge is 2.28. The Morgan fingerprint density at radius 2 is 1.89 bits per heavy atom. The van der Waals surface area contributed by atoms with Crippen LogP contribution in [0.15, 0.2) is 0 Å². The van der Waals surface area contributed by atoms with Gasteiger partial charge in [0.25, 0.3) is 0 Å². The summed E-state index contributed by atoms with van der Waals surface area (Å²) >= 11 is 0. The molecular formula is C12H24N2O3S. The molecule has 1 aliphatic heterocycles. The average Bonchev–Trinajstić information content (AvgIpc) is 2.70. The van der Waals surface area contributed by atoms with E-state index in [1.54, 1.807) is 0 Å². The van der Waals surface area contributed by atoms with Gasteiger partial charge in [0.2, 0.25) is 10.0 Å². The van der Waals surface area contributed by atoms with Crippen LogP contribution in [0.1, 0.15) is 44.9 Å². The SMILES string of the molecule is O=S(=O)(CC1CCCN1)NC1CCCCCC1O. The average molecular weight is 276 g/mol. The zero-order valence-corrected chi connectivity index (χ0v) is 11.6. The Labute approximate surface area is 109 Å². The number of sulfonamides is 1. The van der Waals surface area contributed by atoms with E-state index in [4.69, 9.17) is 0 Å². The number of hydrogen-bond donors (Lipinski definition) is 3. The third-order valence-electron chi connectivity index (χ3n) is 3.89. The number of rotatable bonds is 4. The second-order valence-corrected chi connectivity index (χ2v) is 7.30. The molecule has 1 aliphatic carbocycles. The Kier molecular flexibility index (Phi) is 5.00. The minimum absolute atomic E-state index is 0.0745. The molecule has 3 unspecified atom stereocenters. The summed E-state index contributed by atoms with van der Waals surface area (Å²) in [7, 11) is -3.29. The van der Waals surface area contributed by atoms with E-state index in [0.717, 1.165) is 45.1 Å². The Bertz CT molecular complexity index is 352. The van der Waals surface area contributed by atoms with Crippen molar-refractivity contribution in [3.8, 4) is 0 Å². The molecule has 0 aromatic carbocycles. The summed E-state index contributed by atoms with van der Waals surface area (Å²) in [6.07, 6.45) is 5.96. The van der Waals surface area contributed by atoms with E-state index in [9.17, 15) is 13.5 Å². The van der Waals surface area contributed by atoms with Crippen molar-refractivity contribution in [2.75, 3.05) is 12.3 Å². The first-order valence-electron chi connectivity index (χ1n) is 6.98. The summed E-state index contributed by atoms with van der Waals surface area (Å²) in [5, 5.41) is 13.1. The molecule has 0 radical (unpaired) electrons. The summed E-state index contributed by atoms with van der Waals surface area (Å²) in [6, 6.07) is -0.218. The number of nitrogens with one attached hydrogen (secondary N) is 2. The smallest absolute Gasteiger partial charge is 0.213 e. The van der Waals surface area contributed by atoms with Crippen molar-refractivity contribution in [2.45, 2.75) is 63.1 Å². The van der Waals surface area contributed by atoms with Gasteiger partial charge in [-0.2, -0.15) is 0 Å². The minimum Gasteiger partial charge on any atom is -0.391 e. The lowest BCUT2D eigenvalue weighted by Gasteiger charge is -2.22. The molecular weight excluding hydrogens is 252 g/mol. The highest BCUT2D eigenvalue weighted by molar-refractivity contribution is 7.89. The van der Waals surface area contributed by atoms with Gasteiger partial charge in [-0.05, 0) is 32.2 Å². The van der Waals surface area contributed by atoms with Crippen LogP contribution in [0.4, 0.5) is 0 Å². The van der Waals surface area contributed by atoms with Gasteiger partial charge in [0.1, 0.15) is 0 Å². The van der Waals surface area contributed by atoms with Crippen molar-refractivity contribution in [2.24, 2.45) is 0 Å². The van der Waals surface area contributed by atoms with Gasteiger partial charge in [-0.1, -0.05) is 19.3 Å². The molecule has 2 aliphatic rings. The quantitative estimate of drug-likeness (QED) is 0.648. The van der Waals surface area contributed by atoms with Crippen molar-refractivity contribution in [1.29, 1.82) is 0 Å². The molecule has 0 amide bonds. The lowest BCUT2D eigenvalue weighted by atomic mass is 10.1. The molecule has 0 spiro atoms. The van der Waals surface area contributed by atoms with Gasteiger partial charge in [-0.25, -0.2) is 13.1 Å². The second-order valence-electron chi connectivity index (χ2n) is 5.50. The zero-order chi connectivity index (χ0) is 13.0. The van der Waals surface area contributed by atoms with E-state index in [1.165, 1.54) is 0 Å². The molecule has 2 rings (SSSR count). The fourth-order valence-corrected chi connectivity index (χ4v) is 4.51. The minimum atomic E-state index is -3.29. The van der Waals surface area contributed by atoms with Crippen LogP contribution >= 0.6 is 0 Å². The Hall–Kier alpha value is -0.170. The van der Waals surface area contributed by atoms with Crippen molar-refractivity contribution in [1.82, 2.24) is 10.0 Å². The summed E-state index contributed by atoms with van der Waals surface area (Å²) in [4.78, 5) is 0. The first-order chi connectivity index (χ1) is 8.57. The van der Waals surface area contributed by atoms with Crippen LogP contribution < -0.4 is 10.0 Å². The van der Waals surface area contributed by atoms with E-state index in [2.05, 4.69) is 10.0 Å². The Morgan fingerprint density at radius 1 is 1.11 bits per heavy atom. The molecule has 3 N–H and O–H groups in total. The topological polar surface area (TPSA) is 78.4 Å². The predicted octanol–water partition coefficient (Wildman–Crippen LogP) is 0.351. The standard InChI is InChI=1S/C12H24N2O3S/c15-12-7-3-1-2-6-11(12)14-18(16,17)9-10-5-4-8-13-10/h10-15H,1-9H2. The van der Waals surface area contributed by atoms with Crippen LogP contribution in [0, 0.1) is 0 Å². The molecule has 5 nitrogen and oxygen atoms in total. The molecule has 0 aromatic rings. The van der Waals surface area contributed by atoms with Gasteiger partial charge in [0.15, 0.2) is 0 Å². The van der Waals surface area contributed by atoms with Gasteiger partial charge in [-0.3, -0.25) is 0 Å². The van der Waals surface area contributed by atoms with Crippen molar-refractivity contribution < 1.29 is 13.5 Å². The largest absolute Gasteiger partial charge is 0.391 e. The first kappa shape index (κ1) is 14.2. The third-order valence-corrected chi connectivity index (χ3v) is 5.40. The predicted molar refractivity (Wildman–Crippen MR) is 70.8 cm³/mol. The third kappa shape index (κ3) is 4.19. The molecule has 0 bridgehead atoms. The Morgan fingerprint density at radius 3 is 2.61 bits per heavy atom. The number of aliphatic hydroxyl groups excluding tert-OH is 1.